The number of carbonyl (C=O) groups is 1. The second kappa shape index (κ2) is 4.38. The van der Waals surface area contributed by atoms with Gasteiger partial charge < -0.3 is 9.47 Å². The SMILES string of the molecule is CC1(C)O[C@H]1COC(=O)c1ccc([N+](=O)[O-])cc1. The van der Waals surface area contributed by atoms with E-state index >= 15 is 0 Å². The van der Waals surface area contributed by atoms with Gasteiger partial charge in [0, 0.05) is 12.1 Å². The van der Waals surface area contributed by atoms with E-state index in [1.807, 2.05) is 13.8 Å². The number of nitro benzene ring substituents is 1. The molecule has 0 unspecified atom stereocenters. The zero-order valence-corrected chi connectivity index (χ0v) is 10.1. The van der Waals surface area contributed by atoms with E-state index in [-0.39, 0.29) is 24.0 Å². The monoisotopic (exact) mass is 251 g/mol. The molecule has 1 aliphatic rings. The van der Waals surface area contributed by atoms with E-state index in [1.165, 1.54) is 24.3 Å². The molecule has 1 aromatic carbocycles. The van der Waals surface area contributed by atoms with Crippen molar-refractivity contribution in [2.45, 2.75) is 25.6 Å². The van der Waals surface area contributed by atoms with Crippen molar-refractivity contribution in [1.82, 2.24) is 0 Å². The Morgan fingerprint density at radius 2 is 2.00 bits per heavy atom. The molecule has 1 heterocycles. The Morgan fingerprint density at radius 3 is 2.44 bits per heavy atom. The molecule has 6 nitrogen and oxygen atoms in total. The molecule has 0 spiro atoms. The Kier molecular flexibility index (Phi) is 3.04. The maximum atomic E-state index is 11.6. The normalized spacial score (nSPS) is 20.2. The minimum absolute atomic E-state index is 0.0572. The molecule has 1 saturated heterocycles. The highest BCUT2D eigenvalue weighted by Gasteiger charge is 2.48. The van der Waals surface area contributed by atoms with Crippen molar-refractivity contribution in [2.75, 3.05) is 6.61 Å². The molecule has 18 heavy (non-hydrogen) atoms. The number of epoxide rings is 1. The fourth-order valence-corrected chi connectivity index (χ4v) is 1.52. The first kappa shape index (κ1) is 12.5. The third kappa shape index (κ3) is 2.65. The molecule has 1 fully saturated rings. The molecule has 0 amide bonds. The van der Waals surface area contributed by atoms with Crippen LogP contribution in [0, 0.1) is 10.1 Å². The molecule has 6 heteroatoms. The number of esters is 1. The molecular weight excluding hydrogens is 238 g/mol. The number of non-ortho nitro benzene ring substituents is 1. The molecule has 0 aromatic heterocycles. The maximum absolute atomic E-state index is 11.6. The van der Waals surface area contributed by atoms with Crippen LogP contribution in [0.25, 0.3) is 0 Å². The van der Waals surface area contributed by atoms with E-state index in [0.717, 1.165) is 0 Å². The summed E-state index contributed by atoms with van der Waals surface area (Å²) >= 11 is 0. The standard InChI is InChI=1S/C12H13NO5/c1-12(2)10(18-12)7-17-11(14)8-3-5-9(6-4-8)13(15)16/h3-6,10H,7H2,1-2H3/t10-/m0/s1. The first-order chi connectivity index (χ1) is 8.40. The average molecular weight is 251 g/mol. The van der Waals surface area contributed by atoms with Gasteiger partial charge in [0.05, 0.1) is 16.1 Å². The van der Waals surface area contributed by atoms with Crippen molar-refractivity contribution in [1.29, 1.82) is 0 Å². The van der Waals surface area contributed by atoms with Crippen LogP contribution in [0.2, 0.25) is 0 Å². The Balaban J connectivity index is 1.91. The summed E-state index contributed by atoms with van der Waals surface area (Å²) in [4.78, 5) is 21.6. The van der Waals surface area contributed by atoms with Gasteiger partial charge in [0.15, 0.2) is 0 Å². The molecule has 0 aliphatic carbocycles. The van der Waals surface area contributed by atoms with Gasteiger partial charge in [0.1, 0.15) is 12.7 Å². The van der Waals surface area contributed by atoms with Crippen LogP contribution >= 0.6 is 0 Å². The first-order valence-corrected chi connectivity index (χ1v) is 5.49. The zero-order chi connectivity index (χ0) is 13.3. The fraction of sp³-hybridized carbons (Fsp3) is 0.417. The van der Waals surface area contributed by atoms with Gasteiger partial charge in [-0.1, -0.05) is 0 Å². The van der Waals surface area contributed by atoms with E-state index in [0.29, 0.717) is 5.56 Å². The van der Waals surface area contributed by atoms with Crippen molar-refractivity contribution >= 4 is 11.7 Å². The van der Waals surface area contributed by atoms with Crippen LogP contribution < -0.4 is 0 Å². The van der Waals surface area contributed by atoms with E-state index in [2.05, 4.69) is 0 Å². The van der Waals surface area contributed by atoms with Crippen LogP contribution in [0.5, 0.6) is 0 Å². The summed E-state index contributed by atoms with van der Waals surface area (Å²) in [7, 11) is 0. The molecule has 0 N–H and O–H groups in total. The summed E-state index contributed by atoms with van der Waals surface area (Å²) in [5.74, 6) is -0.504. The lowest BCUT2D eigenvalue weighted by Crippen LogP contribution is -2.14. The Morgan fingerprint density at radius 1 is 1.44 bits per heavy atom. The molecular formula is C12H13NO5. The molecule has 0 bridgehead atoms. The number of ether oxygens (including phenoxy) is 2. The largest absolute Gasteiger partial charge is 0.459 e. The van der Waals surface area contributed by atoms with Gasteiger partial charge in [-0.25, -0.2) is 4.79 Å². The van der Waals surface area contributed by atoms with Gasteiger partial charge in [-0.2, -0.15) is 0 Å². The van der Waals surface area contributed by atoms with Crippen molar-refractivity contribution in [3.63, 3.8) is 0 Å². The van der Waals surface area contributed by atoms with Crippen LogP contribution in [0.3, 0.4) is 0 Å². The van der Waals surface area contributed by atoms with E-state index in [4.69, 9.17) is 9.47 Å². The summed E-state index contributed by atoms with van der Waals surface area (Å²) < 4.78 is 10.3. The smallest absolute Gasteiger partial charge is 0.338 e. The van der Waals surface area contributed by atoms with Gasteiger partial charge in [-0.05, 0) is 26.0 Å². The van der Waals surface area contributed by atoms with Crippen LogP contribution in [0.15, 0.2) is 24.3 Å². The van der Waals surface area contributed by atoms with Crippen LogP contribution in [0.4, 0.5) is 5.69 Å². The fourth-order valence-electron chi connectivity index (χ4n) is 1.52. The molecule has 0 saturated carbocycles. The number of carbonyl (C=O) groups excluding carboxylic acids is 1. The number of nitrogens with zero attached hydrogens (tertiary/aromatic N) is 1. The molecule has 0 radical (unpaired) electrons. The van der Waals surface area contributed by atoms with Gasteiger partial charge in [-0.3, -0.25) is 10.1 Å². The quantitative estimate of drug-likeness (QED) is 0.353. The highest BCUT2D eigenvalue weighted by molar-refractivity contribution is 5.89. The second-order valence-electron chi connectivity index (χ2n) is 4.61. The Labute approximate surface area is 104 Å². The summed E-state index contributed by atoms with van der Waals surface area (Å²) in [6.45, 7) is 4.03. The predicted molar refractivity (Wildman–Crippen MR) is 62.3 cm³/mol. The molecule has 1 aliphatic heterocycles. The van der Waals surface area contributed by atoms with Crippen molar-refractivity contribution in [3.8, 4) is 0 Å². The average Bonchev–Trinajstić information content (AvgIpc) is 2.94. The van der Waals surface area contributed by atoms with Gasteiger partial charge >= 0.3 is 5.97 Å². The minimum atomic E-state index is -0.518. The third-order valence-corrected chi connectivity index (χ3v) is 2.84. The van der Waals surface area contributed by atoms with E-state index in [9.17, 15) is 14.9 Å². The number of nitro groups is 1. The van der Waals surface area contributed by atoms with E-state index < -0.39 is 10.9 Å². The van der Waals surface area contributed by atoms with Crippen LogP contribution in [-0.4, -0.2) is 29.2 Å². The maximum Gasteiger partial charge on any atom is 0.338 e. The number of hydrogen-bond acceptors (Lipinski definition) is 5. The van der Waals surface area contributed by atoms with E-state index in [1.54, 1.807) is 0 Å². The number of benzene rings is 1. The lowest BCUT2D eigenvalue weighted by Gasteiger charge is -2.03. The summed E-state index contributed by atoms with van der Waals surface area (Å²) in [5, 5.41) is 10.4. The molecule has 1 atom stereocenters. The third-order valence-electron chi connectivity index (χ3n) is 2.84. The van der Waals surface area contributed by atoms with Crippen molar-refractivity contribution < 1.29 is 19.2 Å². The van der Waals surface area contributed by atoms with Crippen molar-refractivity contribution in [3.05, 3.63) is 39.9 Å². The van der Waals surface area contributed by atoms with Gasteiger partial charge in [0.2, 0.25) is 0 Å². The van der Waals surface area contributed by atoms with Crippen molar-refractivity contribution in [2.24, 2.45) is 0 Å². The number of rotatable bonds is 4. The zero-order valence-electron chi connectivity index (χ0n) is 10.1. The summed E-state index contributed by atoms with van der Waals surface area (Å²) in [5.41, 5.74) is 0.00715. The highest BCUT2D eigenvalue weighted by atomic mass is 16.6. The number of hydrogen-bond donors (Lipinski definition) is 0. The van der Waals surface area contributed by atoms with Gasteiger partial charge in [0.25, 0.3) is 5.69 Å². The topological polar surface area (TPSA) is 82.0 Å². The molecule has 96 valence electrons. The minimum Gasteiger partial charge on any atom is -0.459 e. The summed E-state index contributed by atoms with van der Waals surface area (Å²) in [6.07, 6.45) is -0.0699. The van der Waals surface area contributed by atoms with Crippen LogP contribution in [-0.2, 0) is 9.47 Å². The summed E-state index contributed by atoms with van der Waals surface area (Å²) in [6, 6.07) is 5.29. The second-order valence-corrected chi connectivity index (χ2v) is 4.61. The lowest BCUT2D eigenvalue weighted by atomic mass is 10.1. The van der Waals surface area contributed by atoms with Gasteiger partial charge in [-0.15, -0.1) is 0 Å². The first-order valence-electron chi connectivity index (χ1n) is 5.49. The molecule has 2 rings (SSSR count). The highest BCUT2D eigenvalue weighted by Crippen LogP contribution is 2.35. The van der Waals surface area contributed by atoms with Crippen LogP contribution in [0.1, 0.15) is 24.2 Å². The lowest BCUT2D eigenvalue weighted by molar-refractivity contribution is -0.384. The Hall–Kier alpha value is -1.95. The Bertz CT molecular complexity index is 480. The predicted octanol–water partition coefficient (Wildman–Crippen LogP) is 1.93. The molecule has 1 aromatic rings.